The standard InChI is InChI=1S/C19H24N4O/c1-14(2)22-19(24)16-8-9-18(21-12-16)23-11-10-20-17(13-23)15-6-4-3-5-7-15/h3-9,12,14,17,20H,10-11,13H2,1-2H3,(H,22,24). The van der Waals surface area contributed by atoms with E-state index in [4.69, 9.17) is 0 Å². The van der Waals surface area contributed by atoms with E-state index in [1.54, 1.807) is 6.20 Å². The summed E-state index contributed by atoms with van der Waals surface area (Å²) in [5.41, 5.74) is 1.89. The lowest BCUT2D eigenvalue weighted by Gasteiger charge is -2.34. The van der Waals surface area contributed by atoms with E-state index in [0.29, 0.717) is 11.6 Å². The molecule has 5 heteroatoms. The van der Waals surface area contributed by atoms with E-state index in [9.17, 15) is 4.79 Å². The summed E-state index contributed by atoms with van der Waals surface area (Å²) < 4.78 is 0. The van der Waals surface area contributed by atoms with Crippen molar-refractivity contribution in [1.82, 2.24) is 15.6 Å². The van der Waals surface area contributed by atoms with E-state index in [0.717, 1.165) is 25.5 Å². The first kappa shape index (κ1) is 16.5. The van der Waals surface area contributed by atoms with Gasteiger partial charge in [0.1, 0.15) is 5.82 Å². The number of nitrogens with zero attached hydrogens (tertiary/aromatic N) is 2. The molecule has 2 N–H and O–H groups in total. The number of amides is 1. The van der Waals surface area contributed by atoms with Gasteiger partial charge in [0.05, 0.1) is 5.56 Å². The molecule has 24 heavy (non-hydrogen) atoms. The number of hydrogen-bond donors (Lipinski definition) is 2. The maximum Gasteiger partial charge on any atom is 0.253 e. The molecule has 0 bridgehead atoms. The molecule has 0 saturated carbocycles. The fourth-order valence-corrected chi connectivity index (χ4v) is 2.92. The number of carbonyl (C=O) groups excluding carboxylic acids is 1. The van der Waals surface area contributed by atoms with Crippen LogP contribution in [-0.4, -0.2) is 36.6 Å². The molecule has 0 spiro atoms. The highest BCUT2D eigenvalue weighted by Crippen LogP contribution is 2.21. The van der Waals surface area contributed by atoms with Crippen molar-refractivity contribution in [3.05, 3.63) is 59.8 Å². The molecule has 126 valence electrons. The molecule has 3 rings (SSSR count). The second kappa shape index (κ2) is 7.45. The zero-order valence-corrected chi connectivity index (χ0v) is 14.2. The van der Waals surface area contributed by atoms with Crippen molar-refractivity contribution in [2.75, 3.05) is 24.5 Å². The van der Waals surface area contributed by atoms with Gasteiger partial charge in [-0.05, 0) is 31.5 Å². The van der Waals surface area contributed by atoms with Gasteiger partial charge in [-0.2, -0.15) is 0 Å². The lowest BCUT2D eigenvalue weighted by molar-refractivity contribution is 0.0943. The van der Waals surface area contributed by atoms with Gasteiger partial charge in [-0.3, -0.25) is 4.79 Å². The van der Waals surface area contributed by atoms with E-state index in [1.807, 2.05) is 32.0 Å². The molecule has 1 fully saturated rings. The van der Waals surface area contributed by atoms with Gasteiger partial charge in [-0.25, -0.2) is 4.98 Å². The minimum absolute atomic E-state index is 0.0773. The van der Waals surface area contributed by atoms with Crippen LogP contribution in [-0.2, 0) is 0 Å². The van der Waals surface area contributed by atoms with Crippen LogP contribution in [0.4, 0.5) is 5.82 Å². The van der Waals surface area contributed by atoms with Crippen molar-refractivity contribution in [1.29, 1.82) is 0 Å². The second-order valence-corrected chi connectivity index (χ2v) is 6.40. The summed E-state index contributed by atoms with van der Waals surface area (Å²) in [6, 6.07) is 14.7. The number of carbonyl (C=O) groups is 1. The van der Waals surface area contributed by atoms with Gasteiger partial charge >= 0.3 is 0 Å². The quantitative estimate of drug-likeness (QED) is 0.906. The number of nitrogens with one attached hydrogen (secondary N) is 2. The molecular weight excluding hydrogens is 300 g/mol. The molecular formula is C19H24N4O. The Morgan fingerprint density at radius 3 is 2.71 bits per heavy atom. The van der Waals surface area contributed by atoms with Gasteiger partial charge in [0, 0.05) is 37.9 Å². The molecule has 1 aliphatic rings. The van der Waals surface area contributed by atoms with E-state index in [2.05, 4.69) is 44.8 Å². The first-order valence-electron chi connectivity index (χ1n) is 8.43. The van der Waals surface area contributed by atoms with Crippen LogP contribution in [0.3, 0.4) is 0 Å². The number of benzene rings is 1. The number of piperazine rings is 1. The van der Waals surface area contributed by atoms with E-state index >= 15 is 0 Å². The van der Waals surface area contributed by atoms with Gasteiger partial charge < -0.3 is 15.5 Å². The van der Waals surface area contributed by atoms with Crippen LogP contribution in [0.1, 0.15) is 35.8 Å². The van der Waals surface area contributed by atoms with Crippen LogP contribution >= 0.6 is 0 Å². The van der Waals surface area contributed by atoms with Crippen molar-refractivity contribution in [3.63, 3.8) is 0 Å². The minimum Gasteiger partial charge on any atom is -0.353 e. The Morgan fingerprint density at radius 1 is 1.25 bits per heavy atom. The Labute approximate surface area is 143 Å². The third kappa shape index (κ3) is 3.92. The monoisotopic (exact) mass is 324 g/mol. The highest BCUT2D eigenvalue weighted by atomic mass is 16.1. The van der Waals surface area contributed by atoms with Crippen LogP contribution < -0.4 is 15.5 Å². The highest BCUT2D eigenvalue weighted by molar-refractivity contribution is 5.94. The van der Waals surface area contributed by atoms with Crippen molar-refractivity contribution < 1.29 is 4.79 Å². The smallest absolute Gasteiger partial charge is 0.253 e. The summed E-state index contributed by atoms with van der Waals surface area (Å²) in [6.07, 6.45) is 1.66. The average molecular weight is 324 g/mol. The van der Waals surface area contributed by atoms with Gasteiger partial charge in [-0.15, -0.1) is 0 Å². The Morgan fingerprint density at radius 2 is 2.04 bits per heavy atom. The number of anilines is 1. The van der Waals surface area contributed by atoms with Crippen molar-refractivity contribution in [2.45, 2.75) is 25.9 Å². The first-order valence-corrected chi connectivity index (χ1v) is 8.43. The summed E-state index contributed by atoms with van der Waals surface area (Å²) in [7, 11) is 0. The minimum atomic E-state index is -0.0773. The van der Waals surface area contributed by atoms with Gasteiger partial charge in [0.2, 0.25) is 0 Å². The molecule has 1 atom stereocenters. The highest BCUT2D eigenvalue weighted by Gasteiger charge is 2.21. The van der Waals surface area contributed by atoms with E-state index in [1.165, 1.54) is 5.56 Å². The summed E-state index contributed by atoms with van der Waals surface area (Å²) in [4.78, 5) is 18.8. The zero-order valence-electron chi connectivity index (χ0n) is 14.2. The average Bonchev–Trinajstić information content (AvgIpc) is 2.62. The maximum absolute atomic E-state index is 12.0. The fourth-order valence-electron chi connectivity index (χ4n) is 2.92. The SMILES string of the molecule is CC(C)NC(=O)c1ccc(N2CCNC(c3ccccc3)C2)nc1. The number of aromatic nitrogens is 1. The van der Waals surface area contributed by atoms with Crippen LogP contribution in [0, 0.1) is 0 Å². The molecule has 5 nitrogen and oxygen atoms in total. The summed E-state index contributed by atoms with van der Waals surface area (Å²) in [5, 5.41) is 6.44. The van der Waals surface area contributed by atoms with Gasteiger partial charge in [-0.1, -0.05) is 30.3 Å². The molecule has 1 aromatic heterocycles. The molecule has 1 aromatic carbocycles. The topological polar surface area (TPSA) is 57.3 Å². The van der Waals surface area contributed by atoms with Crippen molar-refractivity contribution in [2.24, 2.45) is 0 Å². The van der Waals surface area contributed by atoms with Crippen LogP contribution in [0.2, 0.25) is 0 Å². The fraction of sp³-hybridized carbons (Fsp3) is 0.368. The maximum atomic E-state index is 12.0. The Bertz CT molecular complexity index is 670. The second-order valence-electron chi connectivity index (χ2n) is 6.40. The summed E-state index contributed by atoms with van der Waals surface area (Å²) in [5.74, 6) is 0.838. The summed E-state index contributed by atoms with van der Waals surface area (Å²) in [6.45, 7) is 6.59. The third-order valence-electron chi connectivity index (χ3n) is 4.13. The van der Waals surface area contributed by atoms with Crippen molar-refractivity contribution in [3.8, 4) is 0 Å². The summed E-state index contributed by atoms with van der Waals surface area (Å²) >= 11 is 0. The molecule has 0 aliphatic carbocycles. The van der Waals surface area contributed by atoms with E-state index in [-0.39, 0.29) is 11.9 Å². The Balaban J connectivity index is 1.69. The molecule has 1 amide bonds. The predicted octanol–water partition coefficient (Wildman–Crippen LogP) is 2.37. The number of pyridine rings is 1. The van der Waals surface area contributed by atoms with Crippen LogP contribution in [0.5, 0.6) is 0 Å². The lowest BCUT2D eigenvalue weighted by atomic mass is 10.0. The Hall–Kier alpha value is -2.40. The number of rotatable bonds is 4. The number of hydrogen-bond acceptors (Lipinski definition) is 4. The molecule has 2 heterocycles. The van der Waals surface area contributed by atoms with Gasteiger partial charge in [0.25, 0.3) is 5.91 Å². The van der Waals surface area contributed by atoms with Crippen LogP contribution in [0.15, 0.2) is 48.7 Å². The van der Waals surface area contributed by atoms with Crippen molar-refractivity contribution >= 4 is 11.7 Å². The lowest BCUT2D eigenvalue weighted by Crippen LogP contribution is -2.46. The van der Waals surface area contributed by atoms with Gasteiger partial charge in [0.15, 0.2) is 0 Å². The first-order chi connectivity index (χ1) is 11.6. The molecule has 2 aromatic rings. The zero-order chi connectivity index (χ0) is 16.9. The normalized spacial score (nSPS) is 17.8. The molecule has 1 unspecified atom stereocenters. The van der Waals surface area contributed by atoms with Crippen LogP contribution in [0.25, 0.3) is 0 Å². The largest absolute Gasteiger partial charge is 0.353 e. The molecule has 0 radical (unpaired) electrons. The predicted molar refractivity (Wildman–Crippen MR) is 96.2 cm³/mol. The molecule has 1 aliphatic heterocycles. The molecule has 1 saturated heterocycles. The Kier molecular flexibility index (Phi) is 5.11. The van der Waals surface area contributed by atoms with E-state index < -0.39 is 0 Å². The third-order valence-corrected chi connectivity index (χ3v) is 4.13.